The molecule has 0 spiro atoms. The highest BCUT2D eigenvalue weighted by Crippen LogP contribution is 2.43. The Morgan fingerprint density at radius 1 is 0.862 bits per heavy atom. The van der Waals surface area contributed by atoms with Gasteiger partial charge in [-0.15, -0.1) is 0 Å². The van der Waals surface area contributed by atoms with E-state index in [1.807, 2.05) is 42.5 Å². The average molecular weight is 386 g/mol. The molecule has 0 N–H and O–H groups in total. The molecule has 3 aromatic rings. The quantitative estimate of drug-likeness (QED) is 0.497. The van der Waals surface area contributed by atoms with Gasteiger partial charge in [0.2, 0.25) is 0 Å². The van der Waals surface area contributed by atoms with Crippen LogP contribution < -0.4 is 0 Å². The Kier molecular flexibility index (Phi) is 3.79. The van der Waals surface area contributed by atoms with Crippen molar-refractivity contribution < 1.29 is 13.1 Å². The van der Waals surface area contributed by atoms with Gasteiger partial charge < -0.3 is 17.6 Å². The van der Waals surface area contributed by atoms with Gasteiger partial charge in [0.25, 0.3) is 0 Å². The van der Waals surface area contributed by atoms with Gasteiger partial charge in [-0.05, 0) is 55.2 Å². The summed E-state index contributed by atoms with van der Waals surface area (Å²) in [6.07, 6.45) is 4.99. The molecule has 0 bridgehead atoms. The normalized spacial score (nSPS) is 16.7. The van der Waals surface area contributed by atoms with E-state index in [4.69, 9.17) is 0 Å². The van der Waals surface area contributed by atoms with Crippen molar-refractivity contribution in [1.29, 1.82) is 0 Å². The number of hydrogen-bond donors (Lipinski definition) is 0. The van der Waals surface area contributed by atoms with Gasteiger partial charge in [-0.3, -0.25) is 0 Å². The van der Waals surface area contributed by atoms with Crippen molar-refractivity contribution in [1.82, 2.24) is 4.48 Å². The molecular formula is C24H21BF2N2. The average Bonchev–Trinajstić information content (AvgIpc) is 3.33. The van der Waals surface area contributed by atoms with Crippen LogP contribution in [0.3, 0.4) is 0 Å². The van der Waals surface area contributed by atoms with Crippen LogP contribution in [0.4, 0.5) is 8.63 Å². The van der Waals surface area contributed by atoms with Crippen LogP contribution >= 0.6 is 0 Å². The molecule has 2 aliphatic heterocycles. The number of fused-ring (bicyclic) bond motifs is 2. The first-order valence-electron chi connectivity index (χ1n) is 9.81. The Hall–Kier alpha value is -3.21. The van der Waals surface area contributed by atoms with Gasteiger partial charge in [-0.2, -0.15) is 0 Å². The lowest BCUT2D eigenvalue weighted by atomic mass is 9.83. The topological polar surface area (TPSA) is 7.94 Å². The van der Waals surface area contributed by atoms with E-state index in [1.165, 1.54) is 16.3 Å². The van der Waals surface area contributed by atoms with E-state index in [2.05, 4.69) is 32.9 Å². The Morgan fingerprint density at radius 2 is 1.52 bits per heavy atom. The number of halogens is 2. The molecule has 0 aliphatic carbocycles. The summed E-state index contributed by atoms with van der Waals surface area (Å²) in [6.45, 7) is 2.18. The third-order valence-corrected chi connectivity index (χ3v) is 5.85. The molecular weight excluding hydrogens is 365 g/mol. The zero-order chi connectivity index (χ0) is 20.3. The molecule has 3 heterocycles. The Balaban J connectivity index is 1.86. The maximum absolute atomic E-state index is 15.7. The molecule has 2 aliphatic rings. The van der Waals surface area contributed by atoms with Crippen LogP contribution in [0, 0.1) is 20.8 Å². The highest BCUT2D eigenvalue weighted by atomic mass is 19.2. The number of aromatic nitrogens is 1. The molecule has 0 radical (unpaired) electrons. The lowest BCUT2D eigenvalue weighted by molar-refractivity contribution is -0.356. The van der Waals surface area contributed by atoms with E-state index in [9.17, 15) is 0 Å². The molecule has 144 valence electrons. The van der Waals surface area contributed by atoms with E-state index in [0.29, 0.717) is 17.1 Å². The van der Waals surface area contributed by atoms with Crippen LogP contribution in [0.15, 0.2) is 72.4 Å². The van der Waals surface area contributed by atoms with Crippen LogP contribution in [-0.4, -0.2) is 22.1 Å². The fourth-order valence-electron chi connectivity index (χ4n) is 4.79. The third-order valence-electron chi connectivity index (χ3n) is 5.85. The highest BCUT2D eigenvalue weighted by Gasteiger charge is 2.53. The second kappa shape index (κ2) is 6.15. The summed E-state index contributed by atoms with van der Waals surface area (Å²) in [7, 11) is 0. The number of benzene rings is 2. The van der Waals surface area contributed by atoms with Crippen molar-refractivity contribution in [3.63, 3.8) is 0 Å². The van der Waals surface area contributed by atoms with E-state index in [1.54, 1.807) is 12.2 Å². The van der Waals surface area contributed by atoms with Crippen molar-refractivity contribution in [2.75, 3.05) is 0 Å². The maximum Gasteiger partial charge on any atom is 0.737 e. The predicted octanol–water partition coefficient (Wildman–Crippen LogP) is 5.73. The van der Waals surface area contributed by atoms with Crippen LogP contribution in [0.1, 0.15) is 27.9 Å². The molecule has 5 heteroatoms. The summed E-state index contributed by atoms with van der Waals surface area (Å²) in [5, 5.41) is 0. The molecule has 0 fully saturated rings. The smallest absolute Gasteiger partial charge is 0.389 e. The van der Waals surface area contributed by atoms with Gasteiger partial charge in [0.1, 0.15) is 6.21 Å². The van der Waals surface area contributed by atoms with Gasteiger partial charge in [0, 0.05) is 23.5 Å². The molecule has 0 unspecified atom stereocenters. The Labute approximate surface area is 169 Å². The molecule has 0 amide bonds. The molecule has 5 rings (SSSR count). The SMILES string of the molecule is Cc1cc(C)c(C2=C3C=CC=[N+]3[B-](F)(F)n3c2ccc3-c2ccccc2)c(C)c1. The highest BCUT2D eigenvalue weighted by molar-refractivity contribution is 6.58. The second-order valence-electron chi connectivity index (χ2n) is 7.88. The summed E-state index contributed by atoms with van der Waals surface area (Å²) in [6, 6.07) is 17.3. The summed E-state index contributed by atoms with van der Waals surface area (Å²) in [4.78, 5) is 0. The van der Waals surface area contributed by atoms with Gasteiger partial charge in [-0.1, -0.05) is 48.0 Å². The number of hydrogen-bond acceptors (Lipinski definition) is 0. The van der Waals surface area contributed by atoms with Crippen LogP contribution in [0.2, 0.25) is 0 Å². The van der Waals surface area contributed by atoms with Gasteiger partial charge in [0.05, 0.1) is 5.57 Å². The maximum atomic E-state index is 15.7. The molecule has 29 heavy (non-hydrogen) atoms. The number of nitrogens with zero attached hydrogens (tertiary/aromatic N) is 2. The van der Waals surface area contributed by atoms with E-state index < -0.39 is 6.97 Å². The standard InChI is InChI=1S/C24H21BF2N2/c1-16-14-17(2)23(18(3)15-16)24-21-10-7-13-28(21)25(26,27)29-20(11-12-22(24)29)19-8-5-4-6-9-19/h4-15H,1-3H3. The lowest BCUT2D eigenvalue weighted by Gasteiger charge is -2.33. The van der Waals surface area contributed by atoms with Crippen molar-refractivity contribution in [2.45, 2.75) is 20.8 Å². The molecule has 0 atom stereocenters. The minimum atomic E-state index is -3.99. The van der Waals surface area contributed by atoms with E-state index >= 15 is 8.63 Å². The van der Waals surface area contributed by atoms with Crippen molar-refractivity contribution in [3.05, 3.63) is 100 Å². The fraction of sp³-hybridized carbons (Fsp3) is 0.125. The minimum Gasteiger partial charge on any atom is -0.389 e. The lowest BCUT2D eigenvalue weighted by Crippen LogP contribution is -2.49. The summed E-state index contributed by atoms with van der Waals surface area (Å²) in [5.41, 5.74) is 7.70. The first kappa shape index (κ1) is 17.9. The van der Waals surface area contributed by atoms with Gasteiger partial charge in [-0.25, -0.2) is 0 Å². The zero-order valence-corrected chi connectivity index (χ0v) is 16.7. The zero-order valence-electron chi connectivity index (χ0n) is 16.7. The Morgan fingerprint density at radius 3 is 2.21 bits per heavy atom. The summed E-state index contributed by atoms with van der Waals surface area (Å²) >= 11 is 0. The van der Waals surface area contributed by atoms with Crippen LogP contribution in [0.5, 0.6) is 0 Å². The summed E-state index contributed by atoms with van der Waals surface area (Å²) < 4.78 is 33.8. The third kappa shape index (κ3) is 2.50. The second-order valence-corrected chi connectivity index (χ2v) is 7.88. The summed E-state index contributed by atoms with van der Waals surface area (Å²) in [5.74, 6) is 0. The van der Waals surface area contributed by atoms with Crippen LogP contribution in [0.25, 0.3) is 16.8 Å². The Bertz CT molecular complexity index is 1220. The monoisotopic (exact) mass is 386 g/mol. The number of allylic oxidation sites excluding steroid dienone is 2. The number of rotatable bonds is 2. The largest absolute Gasteiger partial charge is 0.737 e. The van der Waals surface area contributed by atoms with Crippen LogP contribution in [-0.2, 0) is 0 Å². The van der Waals surface area contributed by atoms with Crippen molar-refractivity contribution >= 4 is 18.8 Å². The van der Waals surface area contributed by atoms with Gasteiger partial charge in [0.15, 0.2) is 5.70 Å². The van der Waals surface area contributed by atoms with Gasteiger partial charge >= 0.3 is 6.97 Å². The number of aryl methyl sites for hydroxylation is 3. The van der Waals surface area contributed by atoms with E-state index in [0.717, 1.165) is 32.3 Å². The van der Waals surface area contributed by atoms with Crippen molar-refractivity contribution in [2.24, 2.45) is 0 Å². The predicted molar refractivity (Wildman–Crippen MR) is 115 cm³/mol. The van der Waals surface area contributed by atoms with Crippen molar-refractivity contribution in [3.8, 4) is 11.3 Å². The van der Waals surface area contributed by atoms with E-state index in [-0.39, 0.29) is 0 Å². The first-order chi connectivity index (χ1) is 13.9. The molecule has 0 saturated carbocycles. The molecule has 1 aromatic heterocycles. The first-order valence-corrected chi connectivity index (χ1v) is 9.81. The molecule has 2 aromatic carbocycles. The molecule has 2 nitrogen and oxygen atoms in total. The minimum absolute atomic E-state index is 0.532. The fourth-order valence-corrected chi connectivity index (χ4v) is 4.79. The molecule has 0 saturated heterocycles.